The summed E-state index contributed by atoms with van der Waals surface area (Å²) in [7, 11) is 1.64. The summed E-state index contributed by atoms with van der Waals surface area (Å²) in [6.07, 6.45) is 0. The number of hydrazine groups is 1. The first-order valence-electron chi connectivity index (χ1n) is 4.59. The zero-order valence-electron chi connectivity index (χ0n) is 8.59. The first-order valence-corrected chi connectivity index (χ1v) is 4.59. The van der Waals surface area contributed by atoms with Gasteiger partial charge in [-0.3, -0.25) is 10.2 Å². The molecule has 5 heteroatoms. The smallest absolute Gasteiger partial charge is 0.265 e. The predicted octanol–water partition coefficient (Wildman–Crippen LogP) is 0.588. The van der Waals surface area contributed by atoms with Gasteiger partial charge in [-0.1, -0.05) is 0 Å². The molecule has 0 saturated carbocycles. The molecule has 1 amide bonds. The summed E-state index contributed by atoms with van der Waals surface area (Å²) in [5, 5.41) is 0. The van der Waals surface area contributed by atoms with Crippen LogP contribution in [0.2, 0.25) is 0 Å². The molecule has 1 aliphatic heterocycles. The summed E-state index contributed by atoms with van der Waals surface area (Å²) in [5.41, 5.74) is 6.53. The minimum absolute atomic E-state index is 0.187. The molecule has 0 bridgehead atoms. The van der Waals surface area contributed by atoms with E-state index in [9.17, 15) is 4.79 Å². The average molecular weight is 208 g/mol. The van der Waals surface area contributed by atoms with E-state index in [0.29, 0.717) is 17.1 Å². The van der Waals surface area contributed by atoms with Crippen LogP contribution in [0.3, 0.4) is 0 Å². The fourth-order valence-electron chi connectivity index (χ4n) is 1.47. The summed E-state index contributed by atoms with van der Waals surface area (Å²) >= 11 is 0. The lowest BCUT2D eigenvalue weighted by molar-refractivity contribution is 0.0937. The molecule has 1 aromatic rings. The Balaban J connectivity index is 2.36. The van der Waals surface area contributed by atoms with Crippen molar-refractivity contribution in [3.8, 4) is 11.5 Å². The highest BCUT2D eigenvalue weighted by atomic mass is 16.7. The highest BCUT2D eigenvalue weighted by Gasteiger charge is 2.18. The molecule has 1 heterocycles. The highest BCUT2D eigenvalue weighted by Crippen LogP contribution is 2.34. The van der Waals surface area contributed by atoms with Crippen molar-refractivity contribution in [2.75, 3.05) is 13.8 Å². The number of aryl methyl sites for hydroxylation is 1. The van der Waals surface area contributed by atoms with Crippen LogP contribution in [0.1, 0.15) is 15.9 Å². The molecule has 80 valence electrons. The van der Waals surface area contributed by atoms with Crippen molar-refractivity contribution >= 4 is 5.91 Å². The van der Waals surface area contributed by atoms with Crippen LogP contribution >= 0.6 is 0 Å². The molecule has 1 aromatic carbocycles. The van der Waals surface area contributed by atoms with Gasteiger partial charge in [0, 0.05) is 12.6 Å². The molecule has 0 atom stereocenters. The molecule has 0 fully saturated rings. The first-order chi connectivity index (χ1) is 7.22. The van der Waals surface area contributed by atoms with Gasteiger partial charge in [-0.2, -0.15) is 0 Å². The molecule has 2 rings (SSSR count). The van der Waals surface area contributed by atoms with E-state index in [1.165, 1.54) is 0 Å². The second-order valence-electron chi connectivity index (χ2n) is 3.22. The molecule has 2 N–H and O–H groups in total. The Morgan fingerprint density at radius 3 is 2.67 bits per heavy atom. The number of fused-ring (bicyclic) bond motifs is 1. The summed E-state index contributed by atoms with van der Waals surface area (Å²) in [4.78, 5) is 11.6. The lowest BCUT2D eigenvalue weighted by Gasteiger charge is -2.07. The predicted molar refractivity (Wildman–Crippen MR) is 53.8 cm³/mol. The molecule has 0 unspecified atom stereocenters. The topological polar surface area (TPSA) is 59.6 Å². The van der Waals surface area contributed by atoms with Crippen LogP contribution in [0.4, 0.5) is 0 Å². The lowest BCUT2D eigenvalue weighted by atomic mass is 10.1. The lowest BCUT2D eigenvalue weighted by Crippen LogP contribution is -2.34. The van der Waals surface area contributed by atoms with Crippen molar-refractivity contribution in [1.82, 2.24) is 10.9 Å². The number of amides is 1. The van der Waals surface area contributed by atoms with Gasteiger partial charge < -0.3 is 9.47 Å². The maximum Gasteiger partial charge on any atom is 0.265 e. The Labute approximate surface area is 87.3 Å². The molecule has 0 spiro atoms. The number of carbonyl (C=O) groups is 1. The van der Waals surface area contributed by atoms with E-state index in [1.807, 2.05) is 6.92 Å². The molecule has 0 aliphatic carbocycles. The monoisotopic (exact) mass is 208 g/mol. The fourth-order valence-corrected chi connectivity index (χ4v) is 1.47. The third-order valence-electron chi connectivity index (χ3n) is 2.20. The number of hydrogen-bond donors (Lipinski definition) is 2. The van der Waals surface area contributed by atoms with E-state index >= 15 is 0 Å². The molecule has 0 saturated heterocycles. The van der Waals surface area contributed by atoms with Crippen LogP contribution < -0.4 is 20.3 Å². The molecule has 0 aromatic heterocycles. The maximum absolute atomic E-state index is 11.6. The van der Waals surface area contributed by atoms with Gasteiger partial charge in [0.25, 0.3) is 5.91 Å². The highest BCUT2D eigenvalue weighted by molar-refractivity contribution is 5.96. The van der Waals surface area contributed by atoms with E-state index in [0.717, 1.165) is 5.56 Å². The largest absolute Gasteiger partial charge is 0.454 e. The van der Waals surface area contributed by atoms with Gasteiger partial charge >= 0.3 is 0 Å². The number of benzene rings is 1. The van der Waals surface area contributed by atoms with E-state index in [4.69, 9.17) is 9.47 Å². The Kier molecular flexibility index (Phi) is 2.47. The summed E-state index contributed by atoms with van der Waals surface area (Å²) in [6.45, 7) is 2.07. The first kappa shape index (κ1) is 9.79. The van der Waals surface area contributed by atoms with Crippen molar-refractivity contribution in [2.24, 2.45) is 0 Å². The summed E-state index contributed by atoms with van der Waals surface area (Å²) in [6, 6.07) is 3.48. The van der Waals surface area contributed by atoms with E-state index in [2.05, 4.69) is 10.9 Å². The minimum atomic E-state index is -0.187. The van der Waals surface area contributed by atoms with E-state index in [1.54, 1.807) is 19.2 Å². The Hall–Kier alpha value is -1.75. The third kappa shape index (κ3) is 1.73. The second kappa shape index (κ2) is 3.78. The van der Waals surface area contributed by atoms with Crippen molar-refractivity contribution in [1.29, 1.82) is 0 Å². The molecule has 0 radical (unpaired) electrons. The van der Waals surface area contributed by atoms with Gasteiger partial charge in [-0.25, -0.2) is 5.43 Å². The fraction of sp³-hybridized carbons (Fsp3) is 0.300. The Morgan fingerprint density at radius 2 is 2.00 bits per heavy atom. The SMILES string of the molecule is CNNC(=O)c1cc2c(cc1C)OCO2. The van der Waals surface area contributed by atoms with Crippen molar-refractivity contribution in [2.45, 2.75) is 6.92 Å². The normalized spacial score (nSPS) is 12.7. The van der Waals surface area contributed by atoms with Crippen LogP contribution in [-0.4, -0.2) is 19.7 Å². The average Bonchev–Trinajstić information content (AvgIpc) is 2.63. The van der Waals surface area contributed by atoms with Gasteiger partial charge in [0.2, 0.25) is 6.79 Å². The molecular formula is C10H12N2O3. The zero-order valence-corrected chi connectivity index (χ0v) is 8.59. The summed E-state index contributed by atoms with van der Waals surface area (Å²) in [5.74, 6) is 1.11. The Bertz CT molecular complexity index is 404. The number of hydrogen-bond acceptors (Lipinski definition) is 4. The maximum atomic E-state index is 11.6. The molecule has 5 nitrogen and oxygen atoms in total. The summed E-state index contributed by atoms with van der Waals surface area (Å²) < 4.78 is 10.4. The second-order valence-corrected chi connectivity index (χ2v) is 3.22. The molecular weight excluding hydrogens is 196 g/mol. The van der Waals surface area contributed by atoms with Crippen LogP contribution in [-0.2, 0) is 0 Å². The van der Waals surface area contributed by atoms with E-state index in [-0.39, 0.29) is 12.7 Å². The number of nitrogens with one attached hydrogen (secondary N) is 2. The number of ether oxygens (including phenoxy) is 2. The zero-order chi connectivity index (χ0) is 10.8. The molecule has 15 heavy (non-hydrogen) atoms. The van der Waals surface area contributed by atoms with Crippen LogP contribution in [0, 0.1) is 6.92 Å². The van der Waals surface area contributed by atoms with E-state index < -0.39 is 0 Å². The van der Waals surface area contributed by atoms with Gasteiger partial charge in [0.15, 0.2) is 11.5 Å². The number of rotatable bonds is 2. The van der Waals surface area contributed by atoms with Gasteiger partial charge in [0.1, 0.15) is 0 Å². The quantitative estimate of drug-likeness (QED) is 0.698. The van der Waals surface area contributed by atoms with Gasteiger partial charge in [0.05, 0.1) is 0 Å². The minimum Gasteiger partial charge on any atom is -0.454 e. The van der Waals surface area contributed by atoms with Crippen molar-refractivity contribution in [3.05, 3.63) is 23.3 Å². The standard InChI is InChI=1S/C10H12N2O3/c1-6-3-8-9(15-5-14-8)4-7(6)10(13)12-11-2/h3-4,11H,5H2,1-2H3,(H,12,13). The van der Waals surface area contributed by atoms with Crippen molar-refractivity contribution < 1.29 is 14.3 Å². The van der Waals surface area contributed by atoms with Gasteiger partial charge in [-0.05, 0) is 24.6 Å². The Morgan fingerprint density at radius 1 is 1.33 bits per heavy atom. The van der Waals surface area contributed by atoms with Gasteiger partial charge in [-0.15, -0.1) is 0 Å². The van der Waals surface area contributed by atoms with Crippen LogP contribution in [0.5, 0.6) is 11.5 Å². The number of carbonyl (C=O) groups excluding carboxylic acids is 1. The molecule has 1 aliphatic rings. The van der Waals surface area contributed by atoms with Crippen molar-refractivity contribution in [3.63, 3.8) is 0 Å². The van der Waals surface area contributed by atoms with Crippen LogP contribution in [0.25, 0.3) is 0 Å². The van der Waals surface area contributed by atoms with Crippen LogP contribution in [0.15, 0.2) is 12.1 Å². The third-order valence-corrected chi connectivity index (χ3v) is 2.20.